The Morgan fingerprint density at radius 2 is 1.93 bits per heavy atom. The van der Waals surface area contributed by atoms with Crippen molar-refractivity contribution in [3.8, 4) is 0 Å². The number of hydrazine groups is 1. The lowest BCUT2D eigenvalue weighted by atomic mass is 9.49. The van der Waals surface area contributed by atoms with Crippen molar-refractivity contribution in [3.05, 3.63) is 22.4 Å². The molecule has 2 amide bonds. The maximum absolute atomic E-state index is 12.4. The molecule has 4 atom stereocenters. The van der Waals surface area contributed by atoms with Gasteiger partial charge in [-0.2, -0.15) is 0 Å². The van der Waals surface area contributed by atoms with Gasteiger partial charge in [0.2, 0.25) is 0 Å². The number of nitrogens with one attached hydrogen (secondary N) is 2. The van der Waals surface area contributed by atoms with Gasteiger partial charge < -0.3 is 4.74 Å². The minimum Gasteiger partial charge on any atom is -0.455 e. The molecule has 6 nitrogen and oxygen atoms in total. The SMILES string of the molecule is O=C(COC(=O)CC12C[C@@H]3C[C@@H](CC(Br)(C3)C1)C2)NNC(=O)c1cccs1. The van der Waals surface area contributed by atoms with E-state index in [4.69, 9.17) is 4.74 Å². The summed E-state index contributed by atoms with van der Waals surface area (Å²) in [5, 5.41) is 1.78. The molecule has 4 bridgehead atoms. The molecule has 0 aromatic carbocycles. The second-order valence-corrected chi connectivity index (χ2v) is 11.1. The molecular weight excluding hydrogens is 432 g/mol. The van der Waals surface area contributed by atoms with Crippen LogP contribution in [0.1, 0.15) is 54.6 Å². The fourth-order valence-electron chi connectivity index (χ4n) is 5.68. The van der Waals surface area contributed by atoms with Crippen molar-refractivity contribution in [1.29, 1.82) is 0 Å². The summed E-state index contributed by atoms with van der Waals surface area (Å²) in [6, 6.07) is 3.42. The smallest absolute Gasteiger partial charge is 0.306 e. The summed E-state index contributed by atoms with van der Waals surface area (Å²) in [7, 11) is 0. The third kappa shape index (κ3) is 4.21. The van der Waals surface area contributed by atoms with E-state index in [1.165, 1.54) is 30.6 Å². The number of carbonyl (C=O) groups excluding carboxylic acids is 3. The molecule has 2 unspecified atom stereocenters. The Morgan fingerprint density at radius 3 is 2.56 bits per heavy atom. The van der Waals surface area contributed by atoms with Crippen LogP contribution in [0.5, 0.6) is 0 Å². The number of thiophene rings is 1. The van der Waals surface area contributed by atoms with Crippen LogP contribution in [-0.4, -0.2) is 28.7 Å². The summed E-state index contributed by atoms with van der Waals surface area (Å²) in [5.74, 6) is 0.146. The molecule has 0 aliphatic heterocycles. The van der Waals surface area contributed by atoms with Crippen molar-refractivity contribution in [2.45, 2.75) is 49.3 Å². The van der Waals surface area contributed by atoms with E-state index in [1.54, 1.807) is 17.5 Å². The van der Waals surface area contributed by atoms with Crippen LogP contribution in [0.4, 0.5) is 0 Å². The minimum atomic E-state index is -0.546. The molecular formula is C19H23BrN2O4S. The van der Waals surface area contributed by atoms with Gasteiger partial charge in [-0.1, -0.05) is 22.0 Å². The number of esters is 1. The largest absolute Gasteiger partial charge is 0.455 e. The first kappa shape index (κ1) is 18.9. The summed E-state index contributed by atoms with van der Waals surface area (Å²) in [6.07, 6.45) is 7.30. The van der Waals surface area contributed by atoms with Crippen molar-refractivity contribution in [3.63, 3.8) is 0 Å². The van der Waals surface area contributed by atoms with E-state index in [2.05, 4.69) is 26.8 Å². The third-order valence-electron chi connectivity index (χ3n) is 6.05. The maximum atomic E-state index is 12.4. The number of carbonyl (C=O) groups is 3. The lowest BCUT2D eigenvalue weighted by Crippen LogP contribution is -2.53. The van der Waals surface area contributed by atoms with E-state index >= 15 is 0 Å². The number of alkyl halides is 1. The molecule has 1 aromatic heterocycles. The summed E-state index contributed by atoms with van der Waals surface area (Å²) < 4.78 is 5.38. The molecule has 27 heavy (non-hydrogen) atoms. The molecule has 4 saturated carbocycles. The molecule has 8 heteroatoms. The van der Waals surface area contributed by atoms with Gasteiger partial charge in [0.05, 0.1) is 11.3 Å². The van der Waals surface area contributed by atoms with Crippen LogP contribution in [0.25, 0.3) is 0 Å². The van der Waals surface area contributed by atoms with Gasteiger partial charge in [0.15, 0.2) is 6.61 Å². The highest BCUT2D eigenvalue weighted by Crippen LogP contribution is 2.65. The van der Waals surface area contributed by atoms with Crippen LogP contribution < -0.4 is 10.9 Å². The zero-order valence-corrected chi connectivity index (χ0v) is 17.4. The van der Waals surface area contributed by atoms with E-state index in [9.17, 15) is 14.4 Å². The predicted molar refractivity (Wildman–Crippen MR) is 104 cm³/mol. The summed E-state index contributed by atoms with van der Waals surface area (Å²) >= 11 is 5.22. The van der Waals surface area contributed by atoms with E-state index in [1.807, 2.05) is 0 Å². The van der Waals surface area contributed by atoms with Gasteiger partial charge in [-0.3, -0.25) is 25.2 Å². The Kier molecular flexibility index (Phi) is 5.05. The molecule has 1 aromatic rings. The molecule has 4 aliphatic carbocycles. The van der Waals surface area contributed by atoms with Crippen molar-refractivity contribution in [2.24, 2.45) is 17.3 Å². The van der Waals surface area contributed by atoms with Gasteiger partial charge in [-0.05, 0) is 67.2 Å². The normalized spacial score (nSPS) is 33.5. The second-order valence-electron chi connectivity index (χ2n) is 8.43. The zero-order valence-electron chi connectivity index (χ0n) is 15.0. The lowest BCUT2D eigenvalue weighted by Gasteiger charge is -2.60. The Morgan fingerprint density at radius 1 is 1.19 bits per heavy atom. The van der Waals surface area contributed by atoms with E-state index < -0.39 is 5.91 Å². The molecule has 5 rings (SSSR count). The summed E-state index contributed by atoms with van der Waals surface area (Å²) in [4.78, 5) is 36.5. The fourth-order valence-corrected chi connectivity index (χ4v) is 7.81. The van der Waals surface area contributed by atoms with Crippen LogP contribution in [0.2, 0.25) is 0 Å². The number of rotatable bonds is 5. The summed E-state index contributed by atoms with van der Waals surface area (Å²) in [5.41, 5.74) is 4.61. The van der Waals surface area contributed by atoms with Crippen LogP contribution in [-0.2, 0) is 14.3 Å². The quantitative estimate of drug-likeness (QED) is 0.406. The molecule has 146 valence electrons. The highest BCUT2D eigenvalue weighted by atomic mass is 79.9. The van der Waals surface area contributed by atoms with Crippen molar-refractivity contribution < 1.29 is 19.1 Å². The zero-order chi connectivity index (χ0) is 19.1. The van der Waals surface area contributed by atoms with Gasteiger partial charge in [0, 0.05) is 4.32 Å². The minimum absolute atomic E-state index is 0.0224. The first-order valence-corrected chi connectivity index (χ1v) is 11.0. The number of amides is 2. The van der Waals surface area contributed by atoms with Crippen molar-refractivity contribution in [1.82, 2.24) is 10.9 Å². The Balaban J connectivity index is 1.23. The molecule has 2 N–H and O–H groups in total. The number of hydrogen-bond donors (Lipinski definition) is 2. The average Bonchev–Trinajstić information content (AvgIpc) is 3.09. The molecule has 4 aliphatic rings. The Labute approximate surface area is 170 Å². The molecule has 0 saturated heterocycles. The Bertz CT molecular complexity index is 737. The average molecular weight is 455 g/mol. The van der Waals surface area contributed by atoms with Crippen LogP contribution in [0.3, 0.4) is 0 Å². The topological polar surface area (TPSA) is 84.5 Å². The lowest BCUT2D eigenvalue weighted by molar-refractivity contribution is -0.154. The first-order valence-electron chi connectivity index (χ1n) is 9.32. The predicted octanol–water partition coefficient (Wildman–Crippen LogP) is 3.18. The van der Waals surface area contributed by atoms with Gasteiger partial charge in [0.25, 0.3) is 11.8 Å². The maximum Gasteiger partial charge on any atom is 0.306 e. The second kappa shape index (κ2) is 7.20. The van der Waals surface area contributed by atoms with Crippen LogP contribution in [0.15, 0.2) is 17.5 Å². The van der Waals surface area contributed by atoms with Crippen molar-refractivity contribution >= 4 is 45.1 Å². The molecule has 0 radical (unpaired) electrons. The van der Waals surface area contributed by atoms with Gasteiger partial charge in [0.1, 0.15) is 0 Å². The van der Waals surface area contributed by atoms with Gasteiger partial charge in [-0.25, -0.2) is 0 Å². The van der Waals surface area contributed by atoms with Crippen molar-refractivity contribution in [2.75, 3.05) is 6.61 Å². The highest BCUT2D eigenvalue weighted by Gasteiger charge is 2.57. The molecule has 4 fully saturated rings. The monoisotopic (exact) mass is 454 g/mol. The number of halogens is 1. The van der Waals surface area contributed by atoms with Gasteiger partial charge >= 0.3 is 5.97 Å². The fraction of sp³-hybridized carbons (Fsp3) is 0.632. The molecule has 0 spiro atoms. The standard InChI is InChI=1S/C19H23BrN2O4S/c20-19-7-12-4-13(8-19)6-18(5-12,11-19)9-16(24)26-10-15(23)21-22-17(25)14-2-1-3-27-14/h1-3,12-13H,4-11H2,(H,21,23)(H,22,25)/t12-,13+,18?,19?. The first-order chi connectivity index (χ1) is 12.8. The molecule has 1 heterocycles. The van der Waals surface area contributed by atoms with E-state index in [0.29, 0.717) is 23.1 Å². The highest BCUT2D eigenvalue weighted by molar-refractivity contribution is 9.10. The third-order valence-corrected chi connectivity index (χ3v) is 7.85. The van der Waals surface area contributed by atoms with E-state index in [-0.39, 0.29) is 28.2 Å². The van der Waals surface area contributed by atoms with Crippen LogP contribution >= 0.6 is 27.3 Å². The number of hydrogen-bond acceptors (Lipinski definition) is 5. The van der Waals surface area contributed by atoms with E-state index in [0.717, 1.165) is 19.3 Å². The summed E-state index contributed by atoms with van der Waals surface area (Å²) in [6.45, 7) is -0.383. The Hall–Kier alpha value is -1.41. The van der Waals surface area contributed by atoms with Gasteiger partial charge in [-0.15, -0.1) is 11.3 Å². The van der Waals surface area contributed by atoms with Crippen LogP contribution in [0, 0.1) is 17.3 Å². The number of ether oxygens (including phenoxy) is 1.